The highest BCUT2D eigenvalue weighted by atomic mass is 35.5. The molecule has 2 aliphatic heterocycles. The first kappa shape index (κ1) is 23.0. The molecule has 2 bridgehead atoms. The van der Waals surface area contributed by atoms with E-state index < -0.39 is 0 Å². The van der Waals surface area contributed by atoms with Gasteiger partial charge in [-0.1, -0.05) is 6.07 Å². The normalized spacial score (nSPS) is 20.7. The van der Waals surface area contributed by atoms with Crippen molar-refractivity contribution in [1.29, 1.82) is 0 Å². The molecule has 2 atom stereocenters. The van der Waals surface area contributed by atoms with Crippen molar-refractivity contribution >= 4 is 53.1 Å². The van der Waals surface area contributed by atoms with Crippen LogP contribution in [0.4, 0.5) is 0 Å². The van der Waals surface area contributed by atoms with Gasteiger partial charge in [0.05, 0.1) is 27.7 Å². The van der Waals surface area contributed by atoms with Crippen LogP contribution in [-0.2, 0) is 0 Å². The second kappa shape index (κ2) is 9.22. The van der Waals surface area contributed by atoms with Crippen molar-refractivity contribution in [3.63, 3.8) is 0 Å². The fourth-order valence-electron chi connectivity index (χ4n) is 4.58. The van der Waals surface area contributed by atoms with Gasteiger partial charge < -0.3 is 10.2 Å². The monoisotopic (exact) mass is 467 g/mol. The van der Waals surface area contributed by atoms with Crippen molar-refractivity contribution in [3.05, 3.63) is 35.3 Å². The number of rotatable bonds is 3. The Morgan fingerprint density at radius 1 is 1.23 bits per heavy atom. The molecule has 0 aromatic carbocycles. The number of halogens is 2. The van der Waals surface area contributed by atoms with Crippen LogP contribution in [0.3, 0.4) is 0 Å². The number of nitrogens with one attached hydrogen (secondary N) is 1. The maximum absolute atomic E-state index is 13.8. The van der Waals surface area contributed by atoms with Gasteiger partial charge in [-0.3, -0.25) is 4.79 Å². The molecule has 162 valence electrons. The van der Waals surface area contributed by atoms with E-state index in [0.717, 1.165) is 59.5 Å². The summed E-state index contributed by atoms with van der Waals surface area (Å²) in [7, 11) is 0. The highest BCUT2D eigenvalue weighted by molar-refractivity contribution is 7.13. The molecule has 3 aromatic rings. The van der Waals surface area contributed by atoms with E-state index in [2.05, 4.69) is 35.2 Å². The summed E-state index contributed by atoms with van der Waals surface area (Å²) < 4.78 is 1.92. The molecule has 2 unspecified atom stereocenters. The van der Waals surface area contributed by atoms with E-state index in [1.165, 1.54) is 0 Å². The molecule has 0 saturated carbocycles. The van der Waals surface area contributed by atoms with Crippen LogP contribution in [0, 0.1) is 0 Å². The summed E-state index contributed by atoms with van der Waals surface area (Å²) in [5.74, 6) is 0.129. The first-order valence-electron chi connectivity index (χ1n) is 10.1. The van der Waals surface area contributed by atoms with Crippen LogP contribution in [0.1, 0.15) is 49.5 Å². The number of hydrogen-bond acceptors (Lipinski definition) is 5. The molecule has 1 amide bonds. The standard InChI is InChI=1S/C21H25N5OS.2ClH/c1-13(2)26-20-17(12-23-26)16(10-18(24-20)19-4-3-9-28-19)21(27)25-14-5-6-15(25)11-22-8-7-14;;/h3-4,9-10,12-15,22H,5-8,11H2,1-2H3;2*1H. The molecule has 0 aliphatic carbocycles. The fourth-order valence-corrected chi connectivity index (χ4v) is 5.26. The number of carbonyl (C=O) groups is 1. The highest BCUT2D eigenvalue weighted by Crippen LogP contribution is 2.34. The lowest BCUT2D eigenvalue weighted by Crippen LogP contribution is -2.42. The molecule has 1 N–H and O–H groups in total. The topological polar surface area (TPSA) is 63.1 Å². The van der Waals surface area contributed by atoms with Gasteiger partial charge in [0.1, 0.15) is 0 Å². The van der Waals surface area contributed by atoms with Gasteiger partial charge in [0.15, 0.2) is 5.65 Å². The van der Waals surface area contributed by atoms with Crippen LogP contribution >= 0.6 is 36.2 Å². The van der Waals surface area contributed by atoms with Gasteiger partial charge in [0.25, 0.3) is 5.91 Å². The molecular formula is C21H27Cl2N5OS. The van der Waals surface area contributed by atoms with Gasteiger partial charge in [0, 0.05) is 24.7 Å². The number of fused-ring (bicyclic) bond motifs is 3. The minimum absolute atomic E-state index is 0. The quantitative estimate of drug-likeness (QED) is 0.613. The summed E-state index contributed by atoms with van der Waals surface area (Å²) in [5.41, 5.74) is 2.39. The third-order valence-corrected chi connectivity index (χ3v) is 6.84. The minimum atomic E-state index is 0. The maximum Gasteiger partial charge on any atom is 0.255 e. The predicted molar refractivity (Wildman–Crippen MR) is 126 cm³/mol. The number of amides is 1. The second-order valence-corrected chi connectivity index (χ2v) is 8.99. The number of thiophene rings is 1. The van der Waals surface area contributed by atoms with Gasteiger partial charge in [0.2, 0.25) is 0 Å². The maximum atomic E-state index is 13.8. The lowest BCUT2D eigenvalue weighted by Gasteiger charge is -2.28. The summed E-state index contributed by atoms with van der Waals surface area (Å²) in [6.45, 7) is 6.06. The Hall–Kier alpha value is -1.67. The zero-order chi connectivity index (χ0) is 19.3. The van der Waals surface area contributed by atoms with Gasteiger partial charge in [-0.25, -0.2) is 9.67 Å². The van der Waals surface area contributed by atoms with Gasteiger partial charge in [-0.15, -0.1) is 36.2 Å². The molecule has 0 radical (unpaired) electrons. The van der Waals surface area contributed by atoms with E-state index >= 15 is 0 Å². The molecular weight excluding hydrogens is 441 g/mol. The summed E-state index contributed by atoms with van der Waals surface area (Å²) in [6.07, 6.45) is 5.03. The van der Waals surface area contributed by atoms with Gasteiger partial charge >= 0.3 is 0 Å². The lowest BCUT2D eigenvalue weighted by molar-refractivity contribution is 0.0682. The van der Waals surface area contributed by atoms with Crippen molar-refractivity contribution in [2.45, 2.75) is 51.2 Å². The second-order valence-electron chi connectivity index (χ2n) is 8.04. The Bertz CT molecular complexity index is 1010. The molecule has 5 heterocycles. The van der Waals surface area contributed by atoms with E-state index in [1.54, 1.807) is 11.3 Å². The van der Waals surface area contributed by atoms with E-state index in [0.29, 0.717) is 6.04 Å². The summed E-state index contributed by atoms with van der Waals surface area (Å²) in [4.78, 5) is 21.9. The van der Waals surface area contributed by atoms with Gasteiger partial charge in [-0.2, -0.15) is 5.10 Å². The Kier molecular flexibility index (Phi) is 7.07. The van der Waals surface area contributed by atoms with Crippen molar-refractivity contribution in [2.75, 3.05) is 13.1 Å². The van der Waals surface area contributed by atoms with Crippen molar-refractivity contribution in [1.82, 2.24) is 25.0 Å². The summed E-state index contributed by atoms with van der Waals surface area (Å²) in [6, 6.07) is 6.86. The number of aromatic nitrogens is 3. The molecule has 2 saturated heterocycles. The first-order chi connectivity index (χ1) is 13.6. The van der Waals surface area contributed by atoms with Crippen LogP contribution in [0.2, 0.25) is 0 Å². The fraction of sp³-hybridized carbons (Fsp3) is 0.476. The average Bonchev–Trinajstić information content (AvgIpc) is 3.38. The molecule has 6 nitrogen and oxygen atoms in total. The van der Waals surface area contributed by atoms with Crippen molar-refractivity contribution < 1.29 is 4.79 Å². The number of carbonyl (C=O) groups excluding carboxylic acids is 1. The molecule has 0 spiro atoms. The third kappa shape index (κ3) is 3.84. The molecule has 2 aliphatic rings. The van der Waals surface area contributed by atoms with E-state index in [4.69, 9.17) is 4.98 Å². The molecule has 5 rings (SSSR count). The van der Waals surface area contributed by atoms with Gasteiger partial charge in [-0.05, 0) is 57.2 Å². The Balaban J connectivity index is 0.00000128. The first-order valence-corrected chi connectivity index (χ1v) is 11.0. The van der Waals surface area contributed by atoms with Crippen LogP contribution in [0.15, 0.2) is 29.8 Å². The Labute approximate surface area is 192 Å². The molecule has 2 fully saturated rings. The van der Waals surface area contributed by atoms with Crippen LogP contribution in [0.5, 0.6) is 0 Å². The summed E-state index contributed by atoms with van der Waals surface area (Å²) >= 11 is 1.65. The average molecular weight is 468 g/mol. The number of pyridine rings is 1. The highest BCUT2D eigenvalue weighted by Gasteiger charge is 2.39. The van der Waals surface area contributed by atoms with E-state index in [9.17, 15) is 4.79 Å². The molecule has 9 heteroatoms. The molecule has 30 heavy (non-hydrogen) atoms. The van der Waals surface area contributed by atoms with Crippen molar-refractivity contribution in [2.24, 2.45) is 0 Å². The number of nitrogens with zero attached hydrogens (tertiary/aromatic N) is 4. The molecule has 3 aromatic heterocycles. The van der Waals surface area contributed by atoms with E-state index in [1.807, 2.05) is 28.4 Å². The zero-order valence-corrected chi connectivity index (χ0v) is 19.5. The largest absolute Gasteiger partial charge is 0.331 e. The number of hydrogen-bond donors (Lipinski definition) is 1. The smallest absolute Gasteiger partial charge is 0.255 e. The lowest BCUT2D eigenvalue weighted by atomic mass is 10.1. The van der Waals surface area contributed by atoms with E-state index in [-0.39, 0.29) is 42.8 Å². The third-order valence-electron chi connectivity index (χ3n) is 5.95. The van der Waals surface area contributed by atoms with Crippen molar-refractivity contribution in [3.8, 4) is 10.6 Å². The predicted octanol–water partition coefficient (Wildman–Crippen LogP) is 4.55. The Morgan fingerprint density at radius 3 is 2.77 bits per heavy atom. The minimum Gasteiger partial charge on any atom is -0.331 e. The zero-order valence-electron chi connectivity index (χ0n) is 17.1. The van der Waals surface area contributed by atoms with Crippen LogP contribution < -0.4 is 5.32 Å². The SMILES string of the molecule is CC(C)n1ncc2c(C(=O)N3C4CCNCC3CC4)cc(-c3cccs3)nc21.Cl.Cl. The van der Waals surface area contributed by atoms with Crippen LogP contribution in [-0.4, -0.2) is 50.7 Å². The summed E-state index contributed by atoms with van der Waals surface area (Å²) in [5, 5.41) is 10.9. The Morgan fingerprint density at radius 2 is 2.03 bits per heavy atom. The van der Waals surface area contributed by atoms with Crippen LogP contribution in [0.25, 0.3) is 21.6 Å².